The molecule has 2 aromatic rings. The van der Waals surface area contributed by atoms with Crippen LogP contribution in [0.25, 0.3) is 10.7 Å². The summed E-state index contributed by atoms with van der Waals surface area (Å²) >= 11 is 1.33. The highest BCUT2D eigenvalue weighted by molar-refractivity contribution is 7.89. The molecule has 1 N–H and O–H groups in total. The van der Waals surface area contributed by atoms with Crippen LogP contribution in [-0.2, 0) is 14.8 Å². The van der Waals surface area contributed by atoms with Crippen LogP contribution < -0.4 is 5.32 Å². The number of nitrogens with zero attached hydrogens (tertiary/aromatic N) is 3. The summed E-state index contributed by atoms with van der Waals surface area (Å²) < 4.78 is 33.2. The van der Waals surface area contributed by atoms with E-state index in [0.29, 0.717) is 47.4 Å². The van der Waals surface area contributed by atoms with Crippen molar-refractivity contribution in [2.75, 3.05) is 19.6 Å². The zero-order valence-corrected chi connectivity index (χ0v) is 20.2. The van der Waals surface area contributed by atoms with Gasteiger partial charge in [-0.05, 0) is 57.9 Å². The lowest BCUT2D eigenvalue weighted by atomic mass is 9.96. The molecule has 1 aliphatic carbocycles. The number of nitrogens with one attached hydrogen (secondary N) is 1. The quantitative estimate of drug-likeness (QED) is 0.607. The number of thiophene rings is 1. The van der Waals surface area contributed by atoms with E-state index < -0.39 is 10.0 Å². The SMILES string of the molecule is Cc1nc(-c2cc(S(=O)(=O)N3CCC[C@H](C(=O)NCCC4=CCCCC4)C3)c(C)s2)no1. The number of amides is 1. The largest absolute Gasteiger partial charge is 0.356 e. The van der Waals surface area contributed by atoms with Gasteiger partial charge >= 0.3 is 0 Å². The maximum atomic E-state index is 13.4. The van der Waals surface area contributed by atoms with Gasteiger partial charge in [-0.15, -0.1) is 11.3 Å². The molecule has 3 heterocycles. The van der Waals surface area contributed by atoms with Crippen LogP contribution in [0.3, 0.4) is 0 Å². The number of piperidine rings is 1. The van der Waals surface area contributed by atoms with Crippen molar-refractivity contribution in [1.82, 2.24) is 19.8 Å². The van der Waals surface area contributed by atoms with Gasteiger partial charge < -0.3 is 9.84 Å². The number of carbonyl (C=O) groups excluding carboxylic acids is 1. The molecule has 1 atom stereocenters. The zero-order chi connectivity index (χ0) is 22.7. The number of sulfonamides is 1. The first-order valence-electron chi connectivity index (χ1n) is 11.2. The molecule has 32 heavy (non-hydrogen) atoms. The Kier molecular flexibility index (Phi) is 7.11. The normalized spacial score (nSPS) is 20.2. The third-order valence-electron chi connectivity index (χ3n) is 6.12. The second kappa shape index (κ2) is 9.84. The van der Waals surface area contributed by atoms with Crippen LogP contribution >= 0.6 is 11.3 Å². The highest BCUT2D eigenvalue weighted by Gasteiger charge is 2.35. The monoisotopic (exact) mass is 478 g/mol. The molecule has 10 heteroatoms. The number of hydrogen-bond acceptors (Lipinski definition) is 7. The van der Waals surface area contributed by atoms with E-state index in [0.717, 1.165) is 19.3 Å². The fourth-order valence-electron chi connectivity index (χ4n) is 4.37. The van der Waals surface area contributed by atoms with E-state index in [-0.39, 0.29) is 23.3 Å². The van der Waals surface area contributed by atoms with Crippen molar-refractivity contribution in [3.05, 3.63) is 28.5 Å². The second-order valence-corrected chi connectivity index (χ2v) is 11.7. The van der Waals surface area contributed by atoms with Gasteiger partial charge in [-0.1, -0.05) is 16.8 Å². The Hall–Kier alpha value is -2.04. The fourth-order valence-corrected chi connectivity index (χ4v) is 7.38. The molecule has 0 spiro atoms. The van der Waals surface area contributed by atoms with E-state index in [1.807, 2.05) is 0 Å². The first-order valence-corrected chi connectivity index (χ1v) is 13.5. The van der Waals surface area contributed by atoms with Gasteiger partial charge in [0.25, 0.3) is 0 Å². The average molecular weight is 479 g/mol. The van der Waals surface area contributed by atoms with Gasteiger partial charge in [0.2, 0.25) is 27.6 Å². The summed E-state index contributed by atoms with van der Waals surface area (Å²) in [6.07, 6.45) is 9.28. The summed E-state index contributed by atoms with van der Waals surface area (Å²) in [4.78, 5) is 18.5. The minimum atomic E-state index is -3.71. The molecule has 0 bridgehead atoms. The lowest BCUT2D eigenvalue weighted by molar-refractivity contribution is -0.126. The molecule has 0 radical (unpaired) electrons. The van der Waals surface area contributed by atoms with E-state index in [1.165, 1.54) is 34.1 Å². The molecular formula is C22H30N4O4S2. The third kappa shape index (κ3) is 5.13. The van der Waals surface area contributed by atoms with E-state index in [2.05, 4.69) is 21.5 Å². The van der Waals surface area contributed by atoms with Gasteiger partial charge in [-0.25, -0.2) is 8.42 Å². The van der Waals surface area contributed by atoms with Crippen LogP contribution in [0.15, 0.2) is 27.1 Å². The zero-order valence-electron chi connectivity index (χ0n) is 18.6. The topological polar surface area (TPSA) is 105 Å². The summed E-state index contributed by atoms with van der Waals surface area (Å²) in [5.41, 5.74) is 1.42. The molecule has 4 rings (SSSR count). The lowest BCUT2D eigenvalue weighted by Crippen LogP contribution is -2.45. The molecule has 0 saturated carbocycles. The molecule has 2 aliphatic rings. The van der Waals surface area contributed by atoms with Crippen LogP contribution in [0.5, 0.6) is 0 Å². The molecule has 0 aromatic carbocycles. The Bertz CT molecular complexity index is 1100. The van der Waals surface area contributed by atoms with Gasteiger partial charge in [-0.3, -0.25) is 4.79 Å². The number of carbonyl (C=O) groups is 1. The van der Waals surface area contributed by atoms with Crippen LogP contribution in [0.4, 0.5) is 0 Å². The minimum absolute atomic E-state index is 0.0497. The maximum Gasteiger partial charge on any atom is 0.244 e. The maximum absolute atomic E-state index is 13.4. The minimum Gasteiger partial charge on any atom is -0.356 e. The Morgan fingerprint density at radius 1 is 1.31 bits per heavy atom. The Morgan fingerprint density at radius 3 is 2.88 bits per heavy atom. The van der Waals surface area contributed by atoms with Crippen LogP contribution in [0.2, 0.25) is 0 Å². The molecule has 1 amide bonds. The summed E-state index contributed by atoms with van der Waals surface area (Å²) in [7, 11) is -3.71. The van der Waals surface area contributed by atoms with Crippen molar-refractivity contribution in [1.29, 1.82) is 0 Å². The van der Waals surface area contributed by atoms with Crippen LogP contribution in [0.1, 0.15) is 55.7 Å². The van der Waals surface area contributed by atoms with Crippen molar-refractivity contribution in [2.24, 2.45) is 5.92 Å². The van der Waals surface area contributed by atoms with Crippen molar-refractivity contribution in [3.63, 3.8) is 0 Å². The highest BCUT2D eigenvalue weighted by atomic mass is 32.2. The third-order valence-corrected chi connectivity index (χ3v) is 9.29. The molecule has 1 aliphatic heterocycles. The summed E-state index contributed by atoms with van der Waals surface area (Å²) in [5, 5.41) is 6.92. The number of rotatable bonds is 7. The second-order valence-electron chi connectivity index (χ2n) is 8.52. The van der Waals surface area contributed by atoms with Crippen molar-refractivity contribution in [3.8, 4) is 10.7 Å². The molecule has 1 saturated heterocycles. The molecule has 174 valence electrons. The van der Waals surface area contributed by atoms with Crippen molar-refractivity contribution >= 4 is 27.3 Å². The Balaban J connectivity index is 1.40. The lowest BCUT2D eigenvalue weighted by Gasteiger charge is -2.31. The molecule has 1 fully saturated rings. The predicted octanol–water partition coefficient (Wildman–Crippen LogP) is 3.82. The molecule has 0 unspecified atom stereocenters. The van der Waals surface area contributed by atoms with E-state index >= 15 is 0 Å². The van der Waals surface area contributed by atoms with Crippen LogP contribution in [-0.4, -0.2) is 48.4 Å². The molecular weight excluding hydrogens is 448 g/mol. The number of allylic oxidation sites excluding steroid dienone is 1. The van der Waals surface area contributed by atoms with E-state index in [4.69, 9.17) is 4.52 Å². The van der Waals surface area contributed by atoms with E-state index in [9.17, 15) is 13.2 Å². The first-order chi connectivity index (χ1) is 15.3. The Morgan fingerprint density at radius 2 is 2.16 bits per heavy atom. The smallest absolute Gasteiger partial charge is 0.244 e. The first kappa shape index (κ1) is 23.1. The number of aromatic nitrogens is 2. The fraction of sp³-hybridized carbons (Fsp3) is 0.591. The predicted molar refractivity (Wildman–Crippen MR) is 123 cm³/mol. The highest BCUT2D eigenvalue weighted by Crippen LogP contribution is 2.35. The van der Waals surface area contributed by atoms with Crippen LogP contribution in [0, 0.1) is 19.8 Å². The molecule has 2 aromatic heterocycles. The summed E-state index contributed by atoms with van der Waals surface area (Å²) in [6, 6.07) is 1.61. The van der Waals surface area contributed by atoms with Gasteiger partial charge in [-0.2, -0.15) is 9.29 Å². The number of hydrogen-bond donors (Lipinski definition) is 1. The summed E-state index contributed by atoms with van der Waals surface area (Å²) in [6.45, 7) is 4.72. The van der Waals surface area contributed by atoms with Crippen molar-refractivity contribution < 1.29 is 17.7 Å². The molecule has 8 nitrogen and oxygen atoms in total. The van der Waals surface area contributed by atoms with Gasteiger partial charge in [0.05, 0.1) is 15.7 Å². The van der Waals surface area contributed by atoms with Gasteiger partial charge in [0.1, 0.15) is 0 Å². The summed E-state index contributed by atoms with van der Waals surface area (Å²) in [5.74, 6) is 0.449. The van der Waals surface area contributed by atoms with E-state index in [1.54, 1.807) is 19.9 Å². The average Bonchev–Trinajstić information content (AvgIpc) is 3.40. The van der Waals surface area contributed by atoms with Gasteiger partial charge in [0.15, 0.2) is 0 Å². The van der Waals surface area contributed by atoms with Gasteiger partial charge in [0, 0.05) is 31.4 Å². The standard InChI is InChI=1S/C22H30N4O4S2/c1-15-20(13-19(31-15)21-24-16(2)30-25-21)32(28,29)26-12-6-9-18(14-26)22(27)23-11-10-17-7-4-3-5-8-17/h7,13,18H,3-6,8-12,14H2,1-2H3,(H,23,27)/t18-/m0/s1. The van der Waals surface area contributed by atoms with Crippen molar-refractivity contribution in [2.45, 2.75) is 63.7 Å². The number of aryl methyl sites for hydroxylation is 2. The Labute approximate surface area is 193 Å².